The van der Waals surface area contributed by atoms with Crippen molar-refractivity contribution in [3.8, 4) is 17.2 Å². The Kier molecular flexibility index (Phi) is 7.43. The average Bonchev–Trinajstić information content (AvgIpc) is 2.64. The highest BCUT2D eigenvalue weighted by Gasteiger charge is 2.05. The summed E-state index contributed by atoms with van der Waals surface area (Å²) in [6.07, 6.45) is 1.97. The molecule has 0 amide bonds. The van der Waals surface area contributed by atoms with Gasteiger partial charge in [0.2, 0.25) is 0 Å². The molecule has 1 N–H and O–H groups in total. The molecule has 4 nitrogen and oxygen atoms in total. The molecule has 0 aliphatic rings. The van der Waals surface area contributed by atoms with Gasteiger partial charge in [-0.1, -0.05) is 25.1 Å². The van der Waals surface area contributed by atoms with Crippen LogP contribution in [0, 0.1) is 0 Å². The molecule has 0 bridgehead atoms. The maximum Gasteiger partial charge on any atom is 0.161 e. The number of nitrogens with one attached hydrogen (secondary N) is 1. The third-order valence-corrected chi connectivity index (χ3v) is 3.77. The van der Waals surface area contributed by atoms with E-state index < -0.39 is 0 Å². The van der Waals surface area contributed by atoms with Crippen LogP contribution in [0.4, 0.5) is 0 Å². The van der Waals surface area contributed by atoms with Crippen molar-refractivity contribution in [1.29, 1.82) is 0 Å². The lowest BCUT2D eigenvalue weighted by atomic mass is 10.1. The third-order valence-electron chi connectivity index (χ3n) is 3.77. The van der Waals surface area contributed by atoms with E-state index in [1.165, 1.54) is 11.1 Å². The van der Waals surface area contributed by atoms with Gasteiger partial charge < -0.3 is 19.5 Å². The summed E-state index contributed by atoms with van der Waals surface area (Å²) in [6.45, 7) is 4.52. The zero-order valence-corrected chi connectivity index (χ0v) is 14.8. The number of ether oxygens (including phenoxy) is 3. The second-order valence-electron chi connectivity index (χ2n) is 5.61. The van der Waals surface area contributed by atoms with E-state index in [1.54, 1.807) is 14.2 Å². The van der Waals surface area contributed by atoms with Crippen molar-refractivity contribution in [3.63, 3.8) is 0 Å². The first-order chi connectivity index (χ1) is 11.8. The molecule has 0 heterocycles. The quantitative estimate of drug-likeness (QED) is 0.673. The smallest absolute Gasteiger partial charge is 0.161 e. The fourth-order valence-electron chi connectivity index (χ4n) is 2.41. The molecule has 0 saturated carbocycles. The Bertz CT molecular complexity index is 611. The summed E-state index contributed by atoms with van der Waals surface area (Å²) in [5, 5.41) is 3.47. The predicted octanol–water partition coefficient (Wildman–Crippen LogP) is 3.82. The fourth-order valence-corrected chi connectivity index (χ4v) is 2.41. The molecule has 2 rings (SSSR count). The van der Waals surface area contributed by atoms with Crippen LogP contribution in [0.5, 0.6) is 17.2 Å². The second kappa shape index (κ2) is 9.83. The van der Waals surface area contributed by atoms with Crippen LogP contribution in [0.3, 0.4) is 0 Å². The minimum absolute atomic E-state index is 0.704. The molecule has 0 aliphatic carbocycles. The molecular formula is C20H27NO3. The first-order valence-corrected chi connectivity index (χ1v) is 8.40. The molecule has 0 atom stereocenters. The van der Waals surface area contributed by atoms with E-state index in [4.69, 9.17) is 14.2 Å². The van der Waals surface area contributed by atoms with Gasteiger partial charge in [0, 0.05) is 6.54 Å². The lowest BCUT2D eigenvalue weighted by Gasteiger charge is -2.12. The van der Waals surface area contributed by atoms with Crippen LogP contribution in [0.25, 0.3) is 0 Å². The lowest BCUT2D eigenvalue weighted by Crippen LogP contribution is -2.16. The number of benzene rings is 2. The number of hydrogen-bond acceptors (Lipinski definition) is 4. The predicted molar refractivity (Wildman–Crippen MR) is 97.2 cm³/mol. The zero-order valence-electron chi connectivity index (χ0n) is 14.8. The number of hydrogen-bond donors (Lipinski definition) is 1. The van der Waals surface area contributed by atoms with Crippen LogP contribution >= 0.6 is 0 Å². The van der Waals surface area contributed by atoms with Crippen molar-refractivity contribution in [2.75, 3.05) is 27.4 Å². The fraction of sp³-hybridized carbons (Fsp3) is 0.400. The molecule has 0 fully saturated rings. The van der Waals surface area contributed by atoms with Gasteiger partial charge in [0.25, 0.3) is 0 Å². The zero-order chi connectivity index (χ0) is 17.2. The minimum atomic E-state index is 0.704. The van der Waals surface area contributed by atoms with Crippen molar-refractivity contribution in [3.05, 3.63) is 53.6 Å². The molecule has 2 aromatic carbocycles. The molecule has 0 aromatic heterocycles. The largest absolute Gasteiger partial charge is 0.497 e. The van der Waals surface area contributed by atoms with E-state index in [2.05, 4.69) is 30.4 Å². The summed E-state index contributed by atoms with van der Waals surface area (Å²) in [4.78, 5) is 0. The Hall–Kier alpha value is -2.20. The van der Waals surface area contributed by atoms with Gasteiger partial charge in [0.05, 0.1) is 20.8 Å². The molecule has 0 aliphatic heterocycles. The van der Waals surface area contributed by atoms with E-state index in [0.717, 1.165) is 43.2 Å². The normalized spacial score (nSPS) is 10.5. The van der Waals surface area contributed by atoms with Crippen molar-refractivity contribution in [2.45, 2.75) is 26.3 Å². The molecule has 4 heteroatoms. The summed E-state index contributed by atoms with van der Waals surface area (Å²) in [5.74, 6) is 2.49. The van der Waals surface area contributed by atoms with Crippen LogP contribution < -0.4 is 19.5 Å². The standard InChI is InChI=1S/C20H27NO3/c1-4-13-24-19-10-7-17(14-20(19)23-3)15-21-12-11-16-5-8-18(22-2)9-6-16/h5-10,14,21H,4,11-13,15H2,1-3H3. The molecule has 0 saturated heterocycles. The lowest BCUT2D eigenvalue weighted by molar-refractivity contribution is 0.294. The van der Waals surface area contributed by atoms with Crippen LogP contribution in [-0.4, -0.2) is 27.4 Å². The van der Waals surface area contributed by atoms with Gasteiger partial charge >= 0.3 is 0 Å². The second-order valence-corrected chi connectivity index (χ2v) is 5.61. The Balaban J connectivity index is 1.80. The highest BCUT2D eigenvalue weighted by Crippen LogP contribution is 2.28. The van der Waals surface area contributed by atoms with E-state index in [9.17, 15) is 0 Å². The minimum Gasteiger partial charge on any atom is -0.497 e. The van der Waals surface area contributed by atoms with Gasteiger partial charge in [-0.2, -0.15) is 0 Å². The molecular weight excluding hydrogens is 302 g/mol. The number of methoxy groups -OCH3 is 2. The Morgan fingerprint density at radius 3 is 2.29 bits per heavy atom. The monoisotopic (exact) mass is 329 g/mol. The highest BCUT2D eigenvalue weighted by molar-refractivity contribution is 5.43. The van der Waals surface area contributed by atoms with Crippen LogP contribution in [-0.2, 0) is 13.0 Å². The maximum absolute atomic E-state index is 5.68. The van der Waals surface area contributed by atoms with E-state index in [1.807, 2.05) is 24.3 Å². The van der Waals surface area contributed by atoms with Crippen molar-refractivity contribution < 1.29 is 14.2 Å². The van der Waals surface area contributed by atoms with Crippen LogP contribution in [0.15, 0.2) is 42.5 Å². The SMILES string of the molecule is CCCOc1ccc(CNCCc2ccc(OC)cc2)cc1OC. The summed E-state index contributed by atoms with van der Waals surface area (Å²) >= 11 is 0. The van der Waals surface area contributed by atoms with Crippen molar-refractivity contribution in [2.24, 2.45) is 0 Å². The molecule has 130 valence electrons. The summed E-state index contributed by atoms with van der Waals surface area (Å²) in [7, 11) is 3.36. The molecule has 24 heavy (non-hydrogen) atoms. The Morgan fingerprint density at radius 2 is 1.62 bits per heavy atom. The maximum atomic E-state index is 5.68. The molecule has 0 unspecified atom stereocenters. The molecule has 0 radical (unpaired) electrons. The van der Waals surface area contributed by atoms with Gasteiger partial charge in [0.15, 0.2) is 11.5 Å². The van der Waals surface area contributed by atoms with Gasteiger partial charge in [-0.15, -0.1) is 0 Å². The van der Waals surface area contributed by atoms with Crippen LogP contribution in [0.2, 0.25) is 0 Å². The van der Waals surface area contributed by atoms with Crippen LogP contribution in [0.1, 0.15) is 24.5 Å². The van der Waals surface area contributed by atoms with E-state index in [0.29, 0.717) is 6.61 Å². The third kappa shape index (κ3) is 5.46. The van der Waals surface area contributed by atoms with Crippen molar-refractivity contribution in [1.82, 2.24) is 5.32 Å². The topological polar surface area (TPSA) is 39.7 Å². The van der Waals surface area contributed by atoms with E-state index in [-0.39, 0.29) is 0 Å². The van der Waals surface area contributed by atoms with Gasteiger partial charge in [-0.25, -0.2) is 0 Å². The van der Waals surface area contributed by atoms with Gasteiger partial charge in [-0.3, -0.25) is 0 Å². The Morgan fingerprint density at radius 1 is 0.875 bits per heavy atom. The highest BCUT2D eigenvalue weighted by atomic mass is 16.5. The van der Waals surface area contributed by atoms with Crippen molar-refractivity contribution >= 4 is 0 Å². The van der Waals surface area contributed by atoms with Gasteiger partial charge in [0.1, 0.15) is 5.75 Å². The average molecular weight is 329 g/mol. The Labute approximate surface area is 144 Å². The first-order valence-electron chi connectivity index (χ1n) is 8.40. The first kappa shape index (κ1) is 18.1. The summed E-state index contributed by atoms with van der Waals surface area (Å²) in [5.41, 5.74) is 2.48. The summed E-state index contributed by atoms with van der Waals surface area (Å²) in [6, 6.07) is 14.3. The van der Waals surface area contributed by atoms with E-state index >= 15 is 0 Å². The number of rotatable bonds is 10. The molecule has 2 aromatic rings. The van der Waals surface area contributed by atoms with Gasteiger partial charge in [-0.05, 0) is 54.8 Å². The summed E-state index contributed by atoms with van der Waals surface area (Å²) < 4.78 is 16.3. The molecule has 0 spiro atoms.